The van der Waals surface area contributed by atoms with Crippen LogP contribution in [0.25, 0.3) is 0 Å². The highest BCUT2D eigenvalue weighted by Gasteiger charge is 2.11. The van der Waals surface area contributed by atoms with Crippen molar-refractivity contribution in [3.63, 3.8) is 0 Å². The predicted molar refractivity (Wildman–Crippen MR) is 104 cm³/mol. The van der Waals surface area contributed by atoms with Gasteiger partial charge in [0.05, 0.1) is 18.5 Å². The van der Waals surface area contributed by atoms with Gasteiger partial charge < -0.3 is 0 Å². The van der Waals surface area contributed by atoms with Crippen LogP contribution in [0.5, 0.6) is 0 Å². The fraction of sp³-hybridized carbons (Fsp3) is 0.150. The van der Waals surface area contributed by atoms with E-state index in [9.17, 15) is 4.79 Å². The molecule has 0 bridgehead atoms. The molecule has 1 amide bonds. The molecule has 0 aliphatic heterocycles. The van der Waals surface area contributed by atoms with E-state index in [0.29, 0.717) is 17.1 Å². The molecule has 0 unspecified atom stereocenters. The third-order valence-corrected chi connectivity index (χ3v) is 4.48. The van der Waals surface area contributed by atoms with Gasteiger partial charge >= 0.3 is 0 Å². The van der Waals surface area contributed by atoms with E-state index in [2.05, 4.69) is 15.6 Å². The maximum Gasteiger partial charge on any atom is 0.271 e. The Bertz CT molecular complexity index is 948. The Morgan fingerprint density at radius 3 is 2.58 bits per heavy atom. The van der Waals surface area contributed by atoms with Gasteiger partial charge in [-0.3, -0.25) is 9.48 Å². The monoisotopic (exact) mass is 366 g/mol. The van der Waals surface area contributed by atoms with Gasteiger partial charge in [-0.1, -0.05) is 48.0 Å². The Morgan fingerprint density at radius 2 is 1.85 bits per heavy atom. The lowest BCUT2D eigenvalue weighted by Crippen LogP contribution is -2.17. The quantitative estimate of drug-likeness (QED) is 0.548. The molecule has 3 rings (SSSR count). The number of hydrogen-bond donors (Lipinski definition) is 1. The highest BCUT2D eigenvalue weighted by Crippen LogP contribution is 2.18. The maximum atomic E-state index is 12.0. The summed E-state index contributed by atoms with van der Waals surface area (Å²) in [6, 6.07) is 16.7. The number of aromatic nitrogens is 2. The smallest absolute Gasteiger partial charge is 0.267 e. The van der Waals surface area contributed by atoms with E-state index in [-0.39, 0.29) is 5.91 Å². The van der Waals surface area contributed by atoms with Gasteiger partial charge in [-0.05, 0) is 37.6 Å². The lowest BCUT2D eigenvalue weighted by molar-refractivity contribution is 0.0955. The first-order chi connectivity index (χ1) is 12.6. The molecule has 3 aromatic rings. The molecule has 0 aliphatic rings. The second-order valence-corrected chi connectivity index (χ2v) is 6.31. The molecular formula is C20H19ClN4O. The Hall–Kier alpha value is -2.92. The number of nitrogens with one attached hydrogen (secondary N) is 1. The number of hydrogen-bond acceptors (Lipinski definition) is 3. The maximum absolute atomic E-state index is 12.0. The minimum Gasteiger partial charge on any atom is -0.267 e. The van der Waals surface area contributed by atoms with Gasteiger partial charge in [-0.2, -0.15) is 10.2 Å². The number of hydrazone groups is 1. The van der Waals surface area contributed by atoms with Crippen LogP contribution < -0.4 is 5.43 Å². The largest absolute Gasteiger partial charge is 0.271 e. The van der Waals surface area contributed by atoms with E-state index in [1.165, 1.54) is 0 Å². The molecule has 0 fully saturated rings. The number of benzene rings is 2. The van der Waals surface area contributed by atoms with Gasteiger partial charge in [0, 0.05) is 21.8 Å². The van der Waals surface area contributed by atoms with Crippen molar-refractivity contribution in [3.8, 4) is 0 Å². The normalized spacial score (nSPS) is 11.0. The first kappa shape index (κ1) is 17.9. The summed E-state index contributed by atoms with van der Waals surface area (Å²) >= 11 is 6.23. The summed E-state index contributed by atoms with van der Waals surface area (Å²) in [6.45, 7) is 4.46. The zero-order valence-electron chi connectivity index (χ0n) is 14.6. The number of rotatable bonds is 5. The van der Waals surface area contributed by atoms with Crippen LogP contribution in [-0.4, -0.2) is 21.9 Å². The molecule has 0 atom stereocenters. The number of aryl methyl sites for hydroxylation is 1. The number of nitrogens with zero attached hydrogens (tertiary/aromatic N) is 3. The molecule has 0 saturated carbocycles. The van der Waals surface area contributed by atoms with Gasteiger partial charge in [-0.25, -0.2) is 5.43 Å². The predicted octanol–water partition coefficient (Wildman–Crippen LogP) is 3.97. The SMILES string of the molecule is Cc1nn(Cc2ccccc2Cl)c(C)c1/C=N/NC(=O)c1ccccc1. The highest BCUT2D eigenvalue weighted by molar-refractivity contribution is 6.31. The topological polar surface area (TPSA) is 59.3 Å². The molecule has 26 heavy (non-hydrogen) atoms. The average molecular weight is 367 g/mol. The molecular weight excluding hydrogens is 348 g/mol. The minimum absolute atomic E-state index is 0.249. The van der Waals surface area contributed by atoms with Crippen molar-refractivity contribution in [2.24, 2.45) is 5.10 Å². The van der Waals surface area contributed by atoms with Gasteiger partial charge in [0.1, 0.15) is 0 Å². The fourth-order valence-electron chi connectivity index (χ4n) is 2.65. The third kappa shape index (κ3) is 4.00. The number of carbonyl (C=O) groups is 1. The summed E-state index contributed by atoms with van der Waals surface area (Å²) in [7, 11) is 0. The molecule has 1 N–H and O–H groups in total. The van der Waals surface area contributed by atoms with Crippen molar-refractivity contribution in [1.82, 2.24) is 15.2 Å². The van der Waals surface area contributed by atoms with Crippen LogP contribution in [0.4, 0.5) is 0 Å². The Balaban J connectivity index is 1.74. The van der Waals surface area contributed by atoms with E-state index in [1.54, 1.807) is 18.3 Å². The van der Waals surface area contributed by atoms with Gasteiger partial charge in [-0.15, -0.1) is 0 Å². The van der Waals surface area contributed by atoms with Crippen molar-refractivity contribution < 1.29 is 4.79 Å². The van der Waals surface area contributed by atoms with E-state index < -0.39 is 0 Å². The Morgan fingerprint density at radius 1 is 1.15 bits per heavy atom. The number of carbonyl (C=O) groups excluding carboxylic acids is 1. The third-order valence-electron chi connectivity index (χ3n) is 4.11. The second-order valence-electron chi connectivity index (χ2n) is 5.90. The molecule has 0 radical (unpaired) electrons. The summed E-state index contributed by atoms with van der Waals surface area (Å²) in [5, 5.41) is 9.34. The molecule has 1 aromatic heterocycles. The van der Waals surface area contributed by atoms with Crippen LogP contribution in [0.15, 0.2) is 59.7 Å². The van der Waals surface area contributed by atoms with Crippen LogP contribution in [0.2, 0.25) is 5.02 Å². The second kappa shape index (κ2) is 7.97. The van der Waals surface area contributed by atoms with E-state index in [4.69, 9.17) is 11.6 Å². The van der Waals surface area contributed by atoms with E-state index >= 15 is 0 Å². The fourth-order valence-corrected chi connectivity index (χ4v) is 2.84. The van der Waals surface area contributed by atoms with Crippen LogP contribution in [0.1, 0.15) is 32.9 Å². The number of halogens is 1. The summed E-state index contributed by atoms with van der Waals surface area (Å²) in [5.74, 6) is -0.249. The molecule has 0 saturated heterocycles. The van der Waals surface area contributed by atoms with Gasteiger partial charge in [0.25, 0.3) is 5.91 Å². The van der Waals surface area contributed by atoms with Crippen molar-refractivity contribution in [3.05, 3.63) is 87.7 Å². The molecule has 0 aliphatic carbocycles. The van der Waals surface area contributed by atoms with Crippen molar-refractivity contribution in [2.75, 3.05) is 0 Å². The van der Waals surface area contributed by atoms with Crippen LogP contribution >= 0.6 is 11.6 Å². The molecule has 0 spiro atoms. The van der Waals surface area contributed by atoms with E-state index in [1.807, 2.05) is 61.0 Å². The molecule has 132 valence electrons. The number of amides is 1. The average Bonchev–Trinajstić information content (AvgIpc) is 2.91. The summed E-state index contributed by atoms with van der Waals surface area (Å²) in [4.78, 5) is 12.0. The Kier molecular flexibility index (Phi) is 5.49. The first-order valence-corrected chi connectivity index (χ1v) is 8.60. The van der Waals surface area contributed by atoms with Crippen LogP contribution in [0.3, 0.4) is 0 Å². The van der Waals surface area contributed by atoms with Gasteiger partial charge in [0.15, 0.2) is 0 Å². The standard InChI is InChI=1S/C20H19ClN4O/c1-14-18(12-22-23-20(26)16-8-4-3-5-9-16)15(2)25(24-14)13-17-10-6-7-11-19(17)21/h3-12H,13H2,1-2H3,(H,23,26)/b22-12+. The van der Waals surface area contributed by atoms with E-state index in [0.717, 1.165) is 22.5 Å². The first-order valence-electron chi connectivity index (χ1n) is 8.22. The zero-order chi connectivity index (χ0) is 18.5. The highest BCUT2D eigenvalue weighted by atomic mass is 35.5. The van der Waals surface area contributed by atoms with Gasteiger partial charge in [0.2, 0.25) is 0 Å². The summed E-state index contributed by atoms with van der Waals surface area (Å²) < 4.78 is 1.89. The van der Waals surface area contributed by atoms with Crippen molar-refractivity contribution >= 4 is 23.7 Å². The van der Waals surface area contributed by atoms with Crippen molar-refractivity contribution in [1.29, 1.82) is 0 Å². The Labute approximate surface area is 157 Å². The molecule has 6 heteroatoms. The molecule has 1 heterocycles. The van der Waals surface area contributed by atoms with Crippen molar-refractivity contribution in [2.45, 2.75) is 20.4 Å². The summed E-state index contributed by atoms with van der Waals surface area (Å²) in [5.41, 5.74) is 6.78. The zero-order valence-corrected chi connectivity index (χ0v) is 15.4. The molecule has 2 aromatic carbocycles. The lowest BCUT2D eigenvalue weighted by Gasteiger charge is -2.06. The van der Waals surface area contributed by atoms with Crippen LogP contribution in [-0.2, 0) is 6.54 Å². The minimum atomic E-state index is -0.249. The van der Waals surface area contributed by atoms with Crippen LogP contribution in [0, 0.1) is 13.8 Å². The lowest BCUT2D eigenvalue weighted by atomic mass is 10.2. The molecule has 5 nitrogen and oxygen atoms in total. The summed E-state index contributed by atoms with van der Waals surface area (Å²) in [6.07, 6.45) is 1.63.